The largest absolute Gasteiger partial charge is 0.347 e. The molecular weight excluding hydrogens is 422 g/mol. The van der Waals surface area contributed by atoms with Gasteiger partial charge in [0, 0.05) is 12.6 Å². The van der Waals surface area contributed by atoms with E-state index in [1.54, 1.807) is 24.3 Å². The van der Waals surface area contributed by atoms with Gasteiger partial charge in [-0.1, -0.05) is 30.2 Å². The molecule has 0 aliphatic carbocycles. The number of nitrogens with one attached hydrogen (secondary N) is 4. The second-order valence-corrected chi connectivity index (χ2v) is 7.27. The van der Waals surface area contributed by atoms with Crippen LogP contribution >= 0.6 is 27.5 Å². The summed E-state index contributed by atoms with van der Waals surface area (Å²) >= 11 is 9.37. The molecule has 1 aromatic carbocycles. The molecule has 26 heavy (non-hydrogen) atoms. The lowest BCUT2D eigenvalue weighted by Gasteiger charge is -2.15. The Bertz CT molecular complexity index is 802. The summed E-state index contributed by atoms with van der Waals surface area (Å²) in [4.78, 5) is 24.8. The zero-order valence-electron chi connectivity index (χ0n) is 13.9. The maximum atomic E-state index is 12.5. The van der Waals surface area contributed by atoms with Crippen LogP contribution < -0.4 is 16.0 Å². The van der Waals surface area contributed by atoms with Crippen molar-refractivity contribution in [2.45, 2.75) is 25.3 Å². The Morgan fingerprint density at radius 1 is 1.23 bits per heavy atom. The molecule has 3 rings (SSSR count). The van der Waals surface area contributed by atoms with E-state index in [0.29, 0.717) is 15.1 Å². The van der Waals surface area contributed by atoms with Gasteiger partial charge in [0.2, 0.25) is 0 Å². The average molecular weight is 441 g/mol. The van der Waals surface area contributed by atoms with E-state index >= 15 is 0 Å². The van der Waals surface area contributed by atoms with Gasteiger partial charge in [0.25, 0.3) is 11.8 Å². The number of anilines is 1. The number of halogens is 2. The molecule has 2 amide bonds. The molecule has 0 radical (unpaired) electrons. The van der Waals surface area contributed by atoms with E-state index in [0.717, 1.165) is 32.4 Å². The van der Waals surface area contributed by atoms with Crippen molar-refractivity contribution in [1.82, 2.24) is 20.8 Å². The number of hydrogen-bond acceptors (Lipinski definition) is 4. The maximum Gasteiger partial charge on any atom is 0.270 e. The van der Waals surface area contributed by atoms with Crippen molar-refractivity contribution in [2.24, 2.45) is 0 Å². The minimum atomic E-state index is -0.400. The summed E-state index contributed by atoms with van der Waals surface area (Å²) in [7, 11) is 0. The third-order valence-electron chi connectivity index (χ3n) is 4.17. The fourth-order valence-corrected chi connectivity index (χ4v) is 3.46. The van der Waals surface area contributed by atoms with Gasteiger partial charge in [-0.25, -0.2) is 0 Å². The van der Waals surface area contributed by atoms with Crippen LogP contribution in [0.1, 0.15) is 40.1 Å². The Morgan fingerprint density at radius 2 is 2.04 bits per heavy atom. The van der Waals surface area contributed by atoms with E-state index in [-0.39, 0.29) is 23.5 Å². The number of nitrogens with zero attached hydrogens (tertiary/aromatic N) is 1. The Balaban J connectivity index is 1.68. The van der Waals surface area contributed by atoms with Crippen molar-refractivity contribution < 1.29 is 9.59 Å². The van der Waals surface area contributed by atoms with Gasteiger partial charge in [-0.2, -0.15) is 5.10 Å². The zero-order chi connectivity index (χ0) is 18.5. The van der Waals surface area contributed by atoms with Crippen molar-refractivity contribution in [3.8, 4) is 0 Å². The maximum absolute atomic E-state index is 12.5. The predicted molar refractivity (Wildman–Crippen MR) is 104 cm³/mol. The fourth-order valence-electron chi connectivity index (χ4n) is 2.78. The Morgan fingerprint density at radius 3 is 2.85 bits per heavy atom. The minimum absolute atomic E-state index is 0.0707. The van der Waals surface area contributed by atoms with E-state index < -0.39 is 5.91 Å². The van der Waals surface area contributed by atoms with Gasteiger partial charge in [0.05, 0.1) is 15.1 Å². The molecule has 9 heteroatoms. The first-order chi connectivity index (χ1) is 12.6. The van der Waals surface area contributed by atoms with Gasteiger partial charge in [0.15, 0.2) is 5.82 Å². The van der Waals surface area contributed by atoms with Gasteiger partial charge in [0.1, 0.15) is 5.69 Å². The van der Waals surface area contributed by atoms with Gasteiger partial charge in [-0.05, 0) is 47.4 Å². The predicted octanol–water partition coefficient (Wildman–Crippen LogP) is 2.95. The Hall–Kier alpha value is -1.90. The first-order valence-corrected chi connectivity index (χ1v) is 9.54. The Labute approximate surface area is 164 Å². The molecule has 0 saturated carbocycles. The van der Waals surface area contributed by atoms with Crippen molar-refractivity contribution in [2.75, 3.05) is 18.4 Å². The molecule has 1 aromatic heterocycles. The molecule has 7 nitrogen and oxygen atoms in total. The van der Waals surface area contributed by atoms with Crippen LogP contribution in [0.2, 0.25) is 5.02 Å². The molecule has 0 bridgehead atoms. The molecular formula is C17H19BrClN5O2. The Kier molecular flexibility index (Phi) is 6.29. The standard InChI is InChI=1S/C17H19BrClN5O2/c18-13-14(17(26)21-10-5-3-4-8-20-9-10)23-24-15(13)22-16(25)11-6-1-2-7-12(11)19/h1-2,6-7,10,20H,3-5,8-9H2,(H,21,26)(H2,22,23,24,25)/t10-/m1/s1. The number of aromatic amines is 1. The number of rotatable bonds is 4. The van der Waals surface area contributed by atoms with Crippen LogP contribution in [-0.4, -0.2) is 41.1 Å². The molecule has 2 aromatic rings. The van der Waals surface area contributed by atoms with Gasteiger partial charge >= 0.3 is 0 Å². The summed E-state index contributed by atoms with van der Waals surface area (Å²) in [6.07, 6.45) is 3.11. The molecule has 0 unspecified atom stereocenters. The molecule has 138 valence electrons. The lowest BCUT2D eigenvalue weighted by Crippen LogP contribution is -2.41. The summed E-state index contributed by atoms with van der Waals surface area (Å²) < 4.78 is 0.400. The lowest BCUT2D eigenvalue weighted by atomic mass is 10.1. The SMILES string of the molecule is O=C(Nc1n[nH]c(C(=O)N[C@@H]2CCCCNC2)c1Br)c1ccccc1Cl. The normalized spacial score (nSPS) is 17.4. The van der Waals surface area contributed by atoms with Crippen molar-refractivity contribution in [3.63, 3.8) is 0 Å². The number of H-pyrrole nitrogens is 1. The minimum Gasteiger partial charge on any atom is -0.347 e. The summed E-state index contributed by atoms with van der Waals surface area (Å²) in [5.41, 5.74) is 0.600. The van der Waals surface area contributed by atoms with Crippen LogP contribution in [0.5, 0.6) is 0 Å². The fraction of sp³-hybridized carbons (Fsp3) is 0.353. The quantitative estimate of drug-likeness (QED) is 0.587. The van der Waals surface area contributed by atoms with E-state index in [9.17, 15) is 9.59 Å². The number of carbonyl (C=O) groups excluding carboxylic acids is 2. The van der Waals surface area contributed by atoms with E-state index in [4.69, 9.17) is 11.6 Å². The first-order valence-electron chi connectivity index (χ1n) is 8.37. The molecule has 1 saturated heterocycles. The third kappa shape index (κ3) is 4.44. The highest BCUT2D eigenvalue weighted by atomic mass is 79.9. The van der Waals surface area contributed by atoms with E-state index in [1.165, 1.54) is 0 Å². The monoisotopic (exact) mass is 439 g/mol. The molecule has 0 spiro atoms. The van der Waals surface area contributed by atoms with Crippen LogP contribution in [0.15, 0.2) is 28.7 Å². The van der Waals surface area contributed by atoms with Crippen molar-refractivity contribution in [3.05, 3.63) is 45.0 Å². The number of benzene rings is 1. The van der Waals surface area contributed by atoms with Gasteiger partial charge in [-0.15, -0.1) is 0 Å². The van der Waals surface area contributed by atoms with E-state index in [1.807, 2.05) is 0 Å². The lowest BCUT2D eigenvalue weighted by molar-refractivity contribution is 0.0929. The zero-order valence-corrected chi connectivity index (χ0v) is 16.3. The van der Waals surface area contributed by atoms with Crippen molar-refractivity contribution >= 4 is 45.2 Å². The third-order valence-corrected chi connectivity index (χ3v) is 5.27. The van der Waals surface area contributed by atoms with Gasteiger partial charge < -0.3 is 16.0 Å². The second kappa shape index (κ2) is 8.66. The topological polar surface area (TPSA) is 98.9 Å². The molecule has 4 N–H and O–H groups in total. The highest BCUT2D eigenvalue weighted by molar-refractivity contribution is 9.10. The van der Waals surface area contributed by atoms with Crippen LogP contribution in [0, 0.1) is 0 Å². The summed E-state index contributed by atoms with van der Waals surface area (Å²) in [6.45, 7) is 1.71. The first kappa shape index (κ1) is 18.9. The molecule has 2 heterocycles. The summed E-state index contributed by atoms with van der Waals surface area (Å²) in [5, 5.41) is 16.0. The molecule has 1 fully saturated rings. The molecule has 1 aliphatic rings. The summed E-state index contributed by atoms with van der Waals surface area (Å²) in [6, 6.07) is 6.79. The summed E-state index contributed by atoms with van der Waals surface area (Å²) in [5.74, 6) is -0.432. The van der Waals surface area contributed by atoms with Crippen LogP contribution in [-0.2, 0) is 0 Å². The molecule has 1 aliphatic heterocycles. The number of hydrogen-bond donors (Lipinski definition) is 4. The smallest absolute Gasteiger partial charge is 0.270 e. The van der Waals surface area contributed by atoms with E-state index in [2.05, 4.69) is 42.1 Å². The second-order valence-electron chi connectivity index (χ2n) is 6.07. The number of aromatic nitrogens is 2. The average Bonchev–Trinajstić information content (AvgIpc) is 2.82. The van der Waals surface area contributed by atoms with Crippen LogP contribution in [0.3, 0.4) is 0 Å². The number of carbonyl (C=O) groups is 2. The van der Waals surface area contributed by atoms with Crippen molar-refractivity contribution in [1.29, 1.82) is 0 Å². The highest BCUT2D eigenvalue weighted by Crippen LogP contribution is 2.25. The number of amides is 2. The van der Waals surface area contributed by atoms with Gasteiger partial charge in [-0.3, -0.25) is 14.7 Å². The van der Waals surface area contributed by atoms with Crippen LogP contribution in [0.4, 0.5) is 5.82 Å². The molecule has 1 atom stereocenters. The highest BCUT2D eigenvalue weighted by Gasteiger charge is 2.22. The van der Waals surface area contributed by atoms with Crippen LogP contribution in [0.25, 0.3) is 0 Å².